The molecule has 12 heavy (non-hydrogen) atoms. The Morgan fingerprint density at radius 3 is 2.50 bits per heavy atom. The molecule has 0 aliphatic rings. The summed E-state index contributed by atoms with van der Waals surface area (Å²) in [6, 6.07) is 8.89. The Balaban J connectivity index is 2.89. The first-order valence-corrected chi connectivity index (χ1v) is 3.64. The van der Waals surface area contributed by atoms with Crippen LogP contribution < -0.4 is 0 Å². The van der Waals surface area contributed by atoms with Crippen molar-refractivity contribution in [3.63, 3.8) is 0 Å². The Labute approximate surface area is 74.4 Å². The van der Waals surface area contributed by atoms with Crippen molar-refractivity contribution in [2.75, 3.05) is 0 Å². The van der Waals surface area contributed by atoms with Crippen molar-refractivity contribution in [3.05, 3.63) is 51.2 Å². The lowest BCUT2D eigenvalue weighted by molar-refractivity contribution is -0.410. The topological polar surface area (TPSA) is 43.1 Å². The Morgan fingerprint density at radius 2 is 2.00 bits per heavy atom. The molecule has 0 amide bonds. The zero-order valence-corrected chi connectivity index (χ0v) is 6.86. The second-order valence-electron chi connectivity index (χ2n) is 2.13. The van der Waals surface area contributed by atoms with Gasteiger partial charge in [0.25, 0.3) is 0 Å². The Bertz CT molecular complexity index is 308. The van der Waals surface area contributed by atoms with Gasteiger partial charge in [0.05, 0.1) is 4.92 Å². The second kappa shape index (κ2) is 3.88. The van der Waals surface area contributed by atoms with Crippen molar-refractivity contribution in [3.8, 4) is 0 Å². The summed E-state index contributed by atoms with van der Waals surface area (Å²) < 4.78 is 0. The van der Waals surface area contributed by atoms with Gasteiger partial charge in [-0.2, -0.15) is 0 Å². The van der Waals surface area contributed by atoms with E-state index in [1.807, 2.05) is 6.07 Å². The predicted octanol–water partition coefficient (Wildman–Crippen LogP) is 2.50. The maximum absolute atomic E-state index is 10.1. The van der Waals surface area contributed by atoms with Crippen LogP contribution in [0.1, 0.15) is 5.56 Å². The summed E-state index contributed by atoms with van der Waals surface area (Å²) in [6.07, 6.45) is 1.31. The van der Waals surface area contributed by atoms with Crippen LogP contribution in [0.2, 0.25) is 0 Å². The molecular formula is C8H6ClNO2. The van der Waals surface area contributed by atoms with Crippen molar-refractivity contribution in [1.29, 1.82) is 0 Å². The third-order valence-electron chi connectivity index (χ3n) is 1.26. The van der Waals surface area contributed by atoms with Gasteiger partial charge in [0.2, 0.25) is 0 Å². The zero-order chi connectivity index (χ0) is 8.97. The molecule has 0 bridgehead atoms. The van der Waals surface area contributed by atoms with E-state index in [1.165, 1.54) is 6.08 Å². The highest BCUT2D eigenvalue weighted by atomic mass is 35.5. The summed E-state index contributed by atoms with van der Waals surface area (Å²) >= 11 is 5.31. The van der Waals surface area contributed by atoms with Gasteiger partial charge in [-0.05, 0) is 17.2 Å². The fraction of sp³-hybridized carbons (Fsp3) is 0. The van der Waals surface area contributed by atoms with Crippen LogP contribution in [0.5, 0.6) is 0 Å². The van der Waals surface area contributed by atoms with E-state index in [1.54, 1.807) is 24.3 Å². The quantitative estimate of drug-likeness (QED) is 0.402. The van der Waals surface area contributed by atoms with E-state index in [0.717, 1.165) is 5.56 Å². The largest absolute Gasteiger partial charge is 0.337 e. The molecule has 1 aromatic carbocycles. The molecule has 0 aromatic heterocycles. The smallest absolute Gasteiger partial charge is 0.257 e. The number of halogens is 1. The van der Waals surface area contributed by atoms with Crippen LogP contribution in [0.15, 0.2) is 35.5 Å². The predicted molar refractivity (Wildman–Crippen MR) is 47.3 cm³/mol. The molecule has 0 fully saturated rings. The maximum atomic E-state index is 10.1. The molecule has 4 heteroatoms. The highest BCUT2D eigenvalue weighted by Crippen LogP contribution is 2.09. The molecule has 1 aromatic rings. The number of nitrogens with zero attached hydrogens (tertiary/aromatic N) is 1. The van der Waals surface area contributed by atoms with Crippen LogP contribution in [0, 0.1) is 10.1 Å². The van der Waals surface area contributed by atoms with Gasteiger partial charge in [0.1, 0.15) is 0 Å². The van der Waals surface area contributed by atoms with Gasteiger partial charge in [-0.25, -0.2) is 0 Å². The summed E-state index contributed by atoms with van der Waals surface area (Å²) in [5.41, 5.74) is 0.721. The molecule has 0 saturated heterocycles. The second-order valence-corrected chi connectivity index (χ2v) is 2.52. The average Bonchev–Trinajstić information content (AvgIpc) is 2.06. The molecule has 0 radical (unpaired) electrons. The molecule has 1 rings (SSSR count). The lowest BCUT2D eigenvalue weighted by Crippen LogP contribution is -1.89. The summed E-state index contributed by atoms with van der Waals surface area (Å²) in [5.74, 6) is 0. The molecule has 0 unspecified atom stereocenters. The fourth-order valence-corrected chi connectivity index (χ4v) is 0.865. The van der Waals surface area contributed by atoms with Gasteiger partial charge >= 0.3 is 5.16 Å². The van der Waals surface area contributed by atoms with E-state index in [0.29, 0.717) is 0 Å². The first-order valence-electron chi connectivity index (χ1n) is 3.27. The standard InChI is InChI=1S/C8H6ClNO2/c9-8(10(11)12)6-7-4-2-1-3-5-7/h1-6H/b8-6+. The maximum Gasteiger partial charge on any atom is 0.337 e. The highest BCUT2D eigenvalue weighted by molar-refractivity contribution is 6.29. The Kier molecular flexibility index (Phi) is 2.82. The van der Waals surface area contributed by atoms with Crippen LogP contribution in [0.3, 0.4) is 0 Å². The number of hydrogen-bond donors (Lipinski definition) is 0. The number of hydrogen-bond acceptors (Lipinski definition) is 2. The summed E-state index contributed by atoms with van der Waals surface area (Å²) in [4.78, 5) is 9.48. The van der Waals surface area contributed by atoms with E-state index >= 15 is 0 Å². The summed E-state index contributed by atoms with van der Waals surface area (Å²) in [5, 5.41) is 9.74. The first-order chi connectivity index (χ1) is 5.70. The molecular weight excluding hydrogens is 178 g/mol. The number of rotatable bonds is 2. The van der Waals surface area contributed by atoms with E-state index < -0.39 is 4.92 Å². The van der Waals surface area contributed by atoms with E-state index in [-0.39, 0.29) is 5.16 Å². The molecule has 0 aliphatic heterocycles. The minimum atomic E-state index is -0.630. The lowest BCUT2D eigenvalue weighted by atomic mass is 10.2. The molecule has 0 heterocycles. The van der Waals surface area contributed by atoms with E-state index in [2.05, 4.69) is 0 Å². The van der Waals surface area contributed by atoms with Gasteiger partial charge in [-0.3, -0.25) is 10.1 Å². The minimum absolute atomic E-state index is 0.374. The zero-order valence-electron chi connectivity index (χ0n) is 6.11. The third kappa shape index (κ3) is 2.36. The van der Waals surface area contributed by atoms with Crippen molar-refractivity contribution in [2.24, 2.45) is 0 Å². The van der Waals surface area contributed by atoms with Gasteiger partial charge in [0.15, 0.2) is 0 Å². The molecule has 3 nitrogen and oxygen atoms in total. The fourth-order valence-electron chi connectivity index (χ4n) is 0.739. The van der Waals surface area contributed by atoms with Crippen molar-refractivity contribution in [2.45, 2.75) is 0 Å². The Hall–Kier alpha value is -1.35. The van der Waals surface area contributed by atoms with Gasteiger partial charge in [0, 0.05) is 6.08 Å². The minimum Gasteiger partial charge on any atom is -0.257 e. The molecule has 0 aliphatic carbocycles. The molecule has 62 valence electrons. The monoisotopic (exact) mass is 183 g/mol. The first kappa shape index (κ1) is 8.74. The molecule has 0 spiro atoms. The van der Waals surface area contributed by atoms with E-state index in [4.69, 9.17) is 11.6 Å². The Morgan fingerprint density at radius 1 is 1.42 bits per heavy atom. The van der Waals surface area contributed by atoms with Gasteiger partial charge in [-0.1, -0.05) is 30.3 Å². The molecule has 0 saturated carbocycles. The van der Waals surface area contributed by atoms with Crippen molar-refractivity contribution in [1.82, 2.24) is 0 Å². The van der Waals surface area contributed by atoms with Crippen LogP contribution in [-0.2, 0) is 0 Å². The van der Waals surface area contributed by atoms with Crippen LogP contribution in [0.4, 0.5) is 0 Å². The normalized spacial score (nSPS) is 11.2. The van der Waals surface area contributed by atoms with E-state index in [9.17, 15) is 10.1 Å². The summed E-state index contributed by atoms with van der Waals surface area (Å²) in [6.45, 7) is 0. The van der Waals surface area contributed by atoms with Gasteiger partial charge in [-0.15, -0.1) is 0 Å². The SMILES string of the molecule is O=[N+]([O-])/C(Cl)=C/c1ccccc1. The third-order valence-corrected chi connectivity index (χ3v) is 1.51. The van der Waals surface area contributed by atoms with Gasteiger partial charge < -0.3 is 0 Å². The van der Waals surface area contributed by atoms with Crippen molar-refractivity contribution >= 4 is 17.7 Å². The van der Waals surface area contributed by atoms with Crippen molar-refractivity contribution < 1.29 is 4.92 Å². The summed E-state index contributed by atoms with van der Waals surface area (Å²) in [7, 11) is 0. The number of benzene rings is 1. The van der Waals surface area contributed by atoms with Crippen LogP contribution >= 0.6 is 11.6 Å². The highest BCUT2D eigenvalue weighted by Gasteiger charge is 2.03. The van der Waals surface area contributed by atoms with Crippen LogP contribution in [0.25, 0.3) is 6.08 Å². The lowest BCUT2D eigenvalue weighted by Gasteiger charge is -1.89. The molecule has 0 atom stereocenters. The number of nitro groups is 1. The molecule has 0 N–H and O–H groups in total. The van der Waals surface area contributed by atoms with Crippen LogP contribution in [-0.4, -0.2) is 4.92 Å². The average molecular weight is 184 g/mol.